The van der Waals surface area contributed by atoms with Gasteiger partial charge in [0.15, 0.2) is 6.61 Å². The molecule has 0 spiro atoms. The zero-order chi connectivity index (χ0) is 39.0. The van der Waals surface area contributed by atoms with Gasteiger partial charge in [0.25, 0.3) is 0 Å². The van der Waals surface area contributed by atoms with E-state index in [0.29, 0.717) is 29.8 Å². The van der Waals surface area contributed by atoms with Crippen LogP contribution in [0.25, 0.3) is 0 Å². The average molecular weight is 755 g/mol. The van der Waals surface area contributed by atoms with Crippen LogP contribution in [0, 0.1) is 52.3 Å². The molecule has 6 heteroatoms. The molecule has 0 N–H and O–H groups in total. The lowest BCUT2D eigenvalue weighted by atomic mass is 9.46. The highest BCUT2D eigenvalue weighted by molar-refractivity contribution is 5.91. The Bertz CT molecular complexity index is 1160. The first-order chi connectivity index (χ1) is 26.0. The monoisotopic (exact) mass is 755 g/mol. The van der Waals surface area contributed by atoms with Gasteiger partial charge in [-0.1, -0.05) is 156 Å². The summed E-state index contributed by atoms with van der Waals surface area (Å²) < 4.78 is 16.2. The number of fused-ring (bicyclic) bond motifs is 5. The van der Waals surface area contributed by atoms with Gasteiger partial charge in [0, 0.05) is 0 Å². The van der Waals surface area contributed by atoms with Gasteiger partial charge < -0.3 is 14.2 Å². The maximum absolute atomic E-state index is 12.7. The normalized spacial score (nSPS) is 30.6. The minimum absolute atomic E-state index is 0.165. The van der Waals surface area contributed by atoms with Gasteiger partial charge in [0.05, 0.1) is 6.61 Å². The van der Waals surface area contributed by atoms with Crippen molar-refractivity contribution in [3.63, 3.8) is 0 Å². The van der Waals surface area contributed by atoms with E-state index in [-0.39, 0.29) is 11.5 Å². The molecule has 3 saturated carbocycles. The van der Waals surface area contributed by atoms with E-state index in [2.05, 4.69) is 53.7 Å². The first-order valence-electron chi connectivity index (χ1n) is 23.2. The predicted molar refractivity (Wildman–Crippen MR) is 220 cm³/mol. The Morgan fingerprint density at radius 2 is 1.24 bits per heavy atom. The molecule has 4 aliphatic carbocycles. The second-order valence-corrected chi connectivity index (χ2v) is 19.4. The van der Waals surface area contributed by atoms with Crippen molar-refractivity contribution in [3.05, 3.63) is 12.2 Å². The number of hydrogen-bond donors (Lipinski definition) is 0. The molecule has 0 aromatic carbocycles. The number of rotatable bonds is 25. The molecular weight excluding hydrogens is 673 g/mol. The molecule has 0 aliphatic heterocycles. The number of esters is 3. The maximum atomic E-state index is 12.7. The summed E-state index contributed by atoms with van der Waals surface area (Å²) in [6.45, 7) is 14.5. The molecular formula is C48H82O6. The summed E-state index contributed by atoms with van der Waals surface area (Å²) in [6.07, 6.45) is 34.5. The van der Waals surface area contributed by atoms with Gasteiger partial charge in [-0.3, -0.25) is 9.59 Å². The fourth-order valence-electron chi connectivity index (χ4n) is 11.8. The molecule has 0 amide bonds. The number of unbranched alkanes of at least 4 members (excludes halogenated alkanes) is 13. The van der Waals surface area contributed by atoms with Crippen LogP contribution in [0.2, 0.25) is 0 Å². The first kappa shape index (κ1) is 44.9. The molecule has 6 nitrogen and oxygen atoms in total. The lowest BCUT2D eigenvalue weighted by molar-refractivity contribution is -0.168. The zero-order valence-electron chi connectivity index (χ0n) is 35.8. The summed E-state index contributed by atoms with van der Waals surface area (Å²) >= 11 is 0. The smallest absolute Gasteiger partial charge is 0.344 e. The second-order valence-electron chi connectivity index (χ2n) is 19.4. The highest BCUT2D eigenvalue weighted by atomic mass is 16.6. The van der Waals surface area contributed by atoms with Crippen LogP contribution in [0.1, 0.15) is 202 Å². The molecule has 0 saturated heterocycles. The van der Waals surface area contributed by atoms with Crippen molar-refractivity contribution >= 4 is 17.9 Å². The van der Waals surface area contributed by atoms with E-state index in [0.717, 1.165) is 62.2 Å². The van der Waals surface area contributed by atoms with Crippen LogP contribution in [-0.2, 0) is 28.6 Å². The second kappa shape index (κ2) is 22.8. The number of allylic oxidation sites excluding steroid dienone is 2. The molecule has 4 rings (SSSR count). The Morgan fingerprint density at radius 3 is 1.89 bits per heavy atom. The molecule has 0 aromatic heterocycles. The SMILES string of the molecule is CCCCCCCCCCCCCCCCOC(=O)CC(=O)OCC(=O)OC1CC[C@@]2(C)C(C=C[C@H]3[C@@H]4CC[C@H]([C@H](C)CCCC(C)C)[C@@]4(C)CC[C@@H]32)C1. The third kappa shape index (κ3) is 13.1. The minimum atomic E-state index is -0.737. The Labute approximate surface area is 331 Å². The lowest BCUT2D eigenvalue weighted by Crippen LogP contribution is -2.52. The zero-order valence-corrected chi connectivity index (χ0v) is 35.8. The van der Waals surface area contributed by atoms with Crippen LogP contribution in [0.15, 0.2) is 12.2 Å². The number of carbonyl (C=O) groups is 3. The van der Waals surface area contributed by atoms with Crippen molar-refractivity contribution in [1.82, 2.24) is 0 Å². The van der Waals surface area contributed by atoms with Crippen molar-refractivity contribution in [2.24, 2.45) is 52.3 Å². The molecule has 0 aromatic rings. The van der Waals surface area contributed by atoms with Crippen LogP contribution in [0.3, 0.4) is 0 Å². The summed E-state index contributed by atoms with van der Waals surface area (Å²) in [6, 6.07) is 0. The van der Waals surface area contributed by atoms with Crippen molar-refractivity contribution in [1.29, 1.82) is 0 Å². The summed E-state index contributed by atoms with van der Waals surface area (Å²) in [5.74, 6) is 3.16. The quantitative estimate of drug-likeness (QED) is 0.0304. The Balaban J connectivity index is 1.06. The molecule has 0 heterocycles. The van der Waals surface area contributed by atoms with Gasteiger partial charge in [-0.15, -0.1) is 0 Å². The fraction of sp³-hybridized carbons (Fsp3) is 0.896. The van der Waals surface area contributed by atoms with Crippen LogP contribution >= 0.6 is 0 Å². The van der Waals surface area contributed by atoms with E-state index in [4.69, 9.17) is 14.2 Å². The maximum Gasteiger partial charge on any atom is 0.344 e. The highest BCUT2D eigenvalue weighted by Crippen LogP contribution is 2.67. The van der Waals surface area contributed by atoms with Gasteiger partial charge in [-0.2, -0.15) is 0 Å². The molecule has 9 atom stereocenters. The van der Waals surface area contributed by atoms with E-state index in [1.54, 1.807) is 0 Å². The van der Waals surface area contributed by atoms with Gasteiger partial charge >= 0.3 is 17.9 Å². The van der Waals surface area contributed by atoms with Crippen molar-refractivity contribution in [3.8, 4) is 0 Å². The van der Waals surface area contributed by atoms with Crippen LogP contribution in [0.5, 0.6) is 0 Å². The van der Waals surface area contributed by atoms with Crippen LogP contribution < -0.4 is 0 Å². The number of ether oxygens (including phenoxy) is 3. The van der Waals surface area contributed by atoms with E-state index in [1.807, 2.05) is 0 Å². The van der Waals surface area contributed by atoms with Crippen molar-refractivity contribution < 1.29 is 28.6 Å². The van der Waals surface area contributed by atoms with Crippen LogP contribution in [-0.4, -0.2) is 37.2 Å². The van der Waals surface area contributed by atoms with Gasteiger partial charge in [-0.25, -0.2) is 4.79 Å². The Kier molecular flexibility index (Phi) is 18.9. The Hall–Kier alpha value is -1.85. The first-order valence-corrected chi connectivity index (χ1v) is 23.2. The number of hydrogen-bond acceptors (Lipinski definition) is 6. The molecule has 54 heavy (non-hydrogen) atoms. The van der Waals surface area contributed by atoms with Gasteiger partial charge in [0.1, 0.15) is 12.5 Å². The lowest BCUT2D eigenvalue weighted by Gasteiger charge is -2.59. The summed E-state index contributed by atoms with van der Waals surface area (Å²) in [5.41, 5.74) is 0.697. The van der Waals surface area contributed by atoms with Crippen LogP contribution in [0.4, 0.5) is 0 Å². The molecule has 310 valence electrons. The molecule has 3 fully saturated rings. The van der Waals surface area contributed by atoms with E-state index >= 15 is 0 Å². The van der Waals surface area contributed by atoms with Gasteiger partial charge in [0.2, 0.25) is 0 Å². The van der Waals surface area contributed by atoms with Gasteiger partial charge in [-0.05, 0) is 104 Å². The molecule has 2 unspecified atom stereocenters. The topological polar surface area (TPSA) is 78.9 Å². The highest BCUT2D eigenvalue weighted by Gasteiger charge is 2.59. The van der Waals surface area contributed by atoms with Crippen molar-refractivity contribution in [2.45, 2.75) is 208 Å². The summed E-state index contributed by atoms with van der Waals surface area (Å²) in [5, 5.41) is 0. The minimum Gasteiger partial charge on any atom is -0.465 e. The summed E-state index contributed by atoms with van der Waals surface area (Å²) in [7, 11) is 0. The number of carbonyl (C=O) groups excluding carboxylic acids is 3. The van der Waals surface area contributed by atoms with E-state index in [9.17, 15) is 14.4 Å². The molecule has 0 bridgehead atoms. The Morgan fingerprint density at radius 1 is 0.648 bits per heavy atom. The predicted octanol–water partition coefficient (Wildman–Crippen LogP) is 12.8. The van der Waals surface area contributed by atoms with E-state index in [1.165, 1.54) is 116 Å². The molecule has 0 radical (unpaired) electrons. The summed E-state index contributed by atoms with van der Waals surface area (Å²) in [4.78, 5) is 37.1. The van der Waals surface area contributed by atoms with E-state index < -0.39 is 30.9 Å². The largest absolute Gasteiger partial charge is 0.465 e. The van der Waals surface area contributed by atoms with Crippen molar-refractivity contribution in [2.75, 3.05) is 13.2 Å². The standard InChI is InChI=1S/C48H82O6/c1-7-8-9-10-11-12-13-14-15-16-17-18-19-20-32-52-44(49)34-45(50)53-35-46(51)54-39-28-30-47(5)38(33-39)24-25-40-42-27-26-41(37(4)23-21-22-36(2)3)48(42,6)31-29-43(40)47/h24-25,36-43H,7-23,26-35H2,1-6H3/t37-,38?,39?,40+,41-,42+,43+,47+,48-/m1/s1. The fourth-order valence-corrected chi connectivity index (χ4v) is 11.8. The third-order valence-corrected chi connectivity index (χ3v) is 15.0. The third-order valence-electron chi connectivity index (χ3n) is 15.0. The molecule has 4 aliphatic rings. The average Bonchev–Trinajstić information content (AvgIpc) is 3.49.